The SMILES string of the molecule is Nc1cccc2c(N3CCCC4CCCC43)ccnc12. The van der Waals surface area contributed by atoms with Gasteiger partial charge in [0.1, 0.15) is 0 Å². The van der Waals surface area contributed by atoms with Crippen LogP contribution >= 0.6 is 0 Å². The number of pyridine rings is 1. The van der Waals surface area contributed by atoms with E-state index in [9.17, 15) is 0 Å². The van der Waals surface area contributed by atoms with E-state index in [4.69, 9.17) is 5.73 Å². The first-order valence-corrected chi connectivity index (χ1v) is 7.74. The van der Waals surface area contributed by atoms with Crippen molar-refractivity contribution in [1.29, 1.82) is 0 Å². The monoisotopic (exact) mass is 267 g/mol. The fraction of sp³-hybridized carbons (Fsp3) is 0.471. The van der Waals surface area contributed by atoms with Gasteiger partial charge < -0.3 is 10.6 Å². The molecule has 1 saturated heterocycles. The Hall–Kier alpha value is -1.77. The third-order valence-electron chi connectivity index (χ3n) is 5.08. The van der Waals surface area contributed by atoms with Gasteiger partial charge in [-0.05, 0) is 43.7 Å². The molecule has 1 aliphatic heterocycles. The number of hydrogen-bond acceptors (Lipinski definition) is 3. The quantitative estimate of drug-likeness (QED) is 0.803. The molecule has 2 aliphatic rings. The lowest BCUT2D eigenvalue weighted by Crippen LogP contribution is -2.42. The number of rotatable bonds is 1. The van der Waals surface area contributed by atoms with Crippen molar-refractivity contribution in [1.82, 2.24) is 4.98 Å². The maximum atomic E-state index is 6.08. The molecule has 0 bridgehead atoms. The summed E-state index contributed by atoms with van der Waals surface area (Å²) in [6, 6.07) is 9.04. The topological polar surface area (TPSA) is 42.1 Å². The van der Waals surface area contributed by atoms with Crippen molar-refractivity contribution in [3.63, 3.8) is 0 Å². The molecule has 2 aromatic rings. The van der Waals surface area contributed by atoms with Crippen molar-refractivity contribution in [2.75, 3.05) is 17.2 Å². The maximum Gasteiger partial charge on any atom is 0.0951 e. The van der Waals surface area contributed by atoms with Crippen LogP contribution in [0.2, 0.25) is 0 Å². The van der Waals surface area contributed by atoms with Crippen LogP contribution in [0.3, 0.4) is 0 Å². The number of nitrogens with two attached hydrogens (primary N) is 1. The molecule has 2 unspecified atom stereocenters. The number of piperidine rings is 1. The summed E-state index contributed by atoms with van der Waals surface area (Å²) in [5.41, 5.74) is 9.14. The van der Waals surface area contributed by atoms with E-state index in [-0.39, 0.29) is 0 Å². The molecule has 2 heterocycles. The van der Waals surface area contributed by atoms with Crippen molar-refractivity contribution < 1.29 is 0 Å². The Balaban J connectivity index is 1.83. The van der Waals surface area contributed by atoms with Gasteiger partial charge in [0.2, 0.25) is 0 Å². The van der Waals surface area contributed by atoms with Crippen molar-refractivity contribution >= 4 is 22.3 Å². The van der Waals surface area contributed by atoms with E-state index in [1.54, 1.807) is 0 Å². The lowest BCUT2D eigenvalue weighted by atomic mass is 9.91. The summed E-state index contributed by atoms with van der Waals surface area (Å²) < 4.78 is 0. The Morgan fingerprint density at radius 2 is 2.00 bits per heavy atom. The van der Waals surface area contributed by atoms with E-state index in [1.807, 2.05) is 18.3 Å². The van der Waals surface area contributed by atoms with E-state index >= 15 is 0 Å². The average molecular weight is 267 g/mol. The Morgan fingerprint density at radius 3 is 2.95 bits per heavy atom. The van der Waals surface area contributed by atoms with Gasteiger partial charge in [0, 0.05) is 29.9 Å². The lowest BCUT2D eigenvalue weighted by Gasteiger charge is -2.40. The molecule has 20 heavy (non-hydrogen) atoms. The van der Waals surface area contributed by atoms with E-state index in [1.165, 1.54) is 49.7 Å². The molecule has 3 nitrogen and oxygen atoms in total. The second kappa shape index (κ2) is 4.65. The molecule has 1 aromatic carbocycles. The van der Waals surface area contributed by atoms with Crippen LogP contribution in [-0.2, 0) is 0 Å². The molecule has 0 radical (unpaired) electrons. The first-order valence-electron chi connectivity index (χ1n) is 7.74. The van der Waals surface area contributed by atoms with Crippen LogP contribution in [-0.4, -0.2) is 17.6 Å². The number of aromatic nitrogens is 1. The molecule has 104 valence electrons. The molecule has 1 saturated carbocycles. The third-order valence-corrected chi connectivity index (χ3v) is 5.08. The van der Waals surface area contributed by atoms with Crippen LogP contribution in [0, 0.1) is 5.92 Å². The zero-order chi connectivity index (χ0) is 13.5. The second-order valence-electron chi connectivity index (χ2n) is 6.17. The molecular formula is C17H21N3. The third kappa shape index (κ3) is 1.76. The number of nitrogen functional groups attached to an aromatic ring is 1. The van der Waals surface area contributed by atoms with Gasteiger partial charge in [-0.25, -0.2) is 0 Å². The van der Waals surface area contributed by atoms with Crippen LogP contribution in [0.4, 0.5) is 11.4 Å². The van der Waals surface area contributed by atoms with E-state index < -0.39 is 0 Å². The van der Waals surface area contributed by atoms with Gasteiger partial charge in [-0.3, -0.25) is 4.98 Å². The number of nitrogens with zero attached hydrogens (tertiary/aromatic N) is 2. The fourth-order valence-corrected chi connectivity index (χ4v) is 4.19. The van der Waals surface area contributed by atoms with Crippen molar-refractivity contribution in [2.24, 2.45) is 5.92 Å². The number of fused-ring (bicyclic) bond motifs is 2. The van der Waals surface area contributed by atoms with Crippen molar-refractivity contribution in [3.05, 3.63) is 30.5 Å². The number of anilines is 2. The van der Waals surface area contributed by atoms with Crippen LogP contribution in [0.5, 0.6) is 0 Å². The molecule has 0 spiro atoms. The Labute approximate surface area is 119 Å². The largest absolute Gasteiger partial charge is 0.397 e. The predicted octanol–water partition coefficient (Wildman–Crippen LogP) is 3.59. The molecular weight excluding hydrogens is 246 g/mol. The minimum absolute atomic E-state index is 0.732. The van der Waals surface area contributed by atoms with Gasteiger partial charge in [-0.15, -0.1) is 0 Å². The zero-order valence-electron chi connectivity index (χ0n) is 11.8. The highest BCUT2D eigenvalue weighted by Crippen LogP contribution is 2.41. The highest BCUT2D eigenvalue weighted by molar-refractivity contribution is 5.98. The van der Waals surface area contributed by atoms with Gasteiger partial charge in [-0.1, -0.05) is 18.6 Å². The summed E-state index contributed by atoms with van der Waals surface area (Å²) in [7, 11) is 0. The zero-order valence-corrected chi connectivity index (χ0v) is 11.8. The molecule has 3 heteroatoms. The second-order valence-corrected chi connectivity index (χ2v) is 6.17. The predicted molar refractivity (Wildman–Crippen MR) is 83.9 cm³/mol. The minimum atomic E-state index is 0.732. The van der Waals surface area contributed by atoms with Crippen molar-refractivity contribution in [3.8, 4) is 0 Å². The molecule has 0 amide bonds. The standard InChI is InChI=1S/C17H21N3/c18-14-7-2-6-13-16(9-10-19-17(13)14)20-11-3-5-12-4-1-8-15(12)20/h2,6-7,9-10,12,15H,1,3-5,8,11,18H2. The van der Waals surface area contributed by atoms with Gasteiger partial charge >= 0.3 is 0 Å². The van der Waals surface area contributed by atoms with Crippen LogP contribution in [0.25, 0.3) is 10.9 Å². The summed E-state index contributed by atoms with van der Waals surface area (Å²) >= 11 is 0. The number of benzene rings is 1. The Morgan fingerprint density at radius 1 is 1.10 bits per heavy atom. The van der Waals surface area contributed by atoms with Crippen LogP contribution < -0.4 is 10.6 Å². The van der Waals surface area contributed by atoms with E-state index in [2.05, 4.69) is 22.0 Å². The van der Waals surface area contributed by atoms with Crippen LogP contribution in [0.15, 0.2) is 30.5 Å². The molecule has 2 fully saturated rings. The van der Waals surface area contributed by atoms with Crippen molar-refractivity contribution in [2.45, 2.75) is 38.1 Å². The summed E-state index contributed by atoms with van der Waals surface area (Å²) in [5.74, 6) is 0.896. The number of hydrogen-bond donors (Lipinski definition) is 1. The summed E-state index contributed by atoms with van der Waals surface area (Å²) in [5, 5.41) is 1.21. The highest BCUT2D eigenvalue weighted by atomic mass is 15.2. The van der Waals surface area contributed by atoms with Gasteiger partial charge in [-0.2, -0.15) is 0 Å². The molecule has 4 rings (SSSR count). The maximum absolute atomic E-state index is 6.08. The summed E-state index contributed by atoms with van der Waals surface area (Å²) in [6.07, 6.45) is 8.77. The normalized spacial score (nSPS) is 25.9. The molecule has 1 aliphatic carbocycles. The van der Waals surface area contributed by atoms with E-state index in [0.717, 1.165) is 23.2 Å². The van der Waals surface area contributed by atoms with Crippen LogP contribution in [0.1, 0.15) is 32.1 Å². The smallest absolute Gasteiger partial charge is 0.0951 e. The first kappa shape index (κ1) is 12.0. The van der Waals surface area contributed by atoms with Gasteiger partial charge in [0.25, 0.3) is 0 Å². The highest BCUT2D eigenvalue weighted by Gasteiger charge is 2.35. The fourth-order valence-electron chi connectivity index (χ4n) is 4.19. The summed E-state index contributed by atoms with van der Waals surface area (Å²) in [6.45, 7) is 1.18. The molecule has 2 N–H and O–H groups in total. The van der Waals surface area contributed by atoms with E-state index in [0.29, 0.717) is 0 Å². The van der Waals surface area contributed by atoms with Gasteiger partial charge in [0.05, 0.1) is 11.2 Å². The lowest BCUT2D eigenvalue weighted by molar-refractivity contribution is 0.363. The molecule has 2 atom stereocenters. The minimum Gasteiger partial charge on any atom is -0.397 e. The number of para-hydroxylation sites is 1. The Kier molecular flexibility index (Phi) is 2.79. The Bertz CT molecular complexity index is 637. The first-order chi connectivity index (χ1) is 9.84. The summed E-state index contributed by atoms with van der Waals surface area (Å²) in [4.78, 5) is 7.10. The average Bonchev–Trinajstić information content (AvgIpc) is 2.96. The molecule has 1 aromatic heterocycles. The van der Waals surface area contributed by atoms with Gasteiger partial charge in [0.15, 0.2) is 0 Å².